The molecule has 0 saturated heterocycles. The van der Waals surface area contributed by atoms with Gasteiger partial charge in [0.2, 0.25) is 0 Å². The Labute approximate surface area is 153 Å². The largest absolute Gasteiger partial charge is 0.478 e. The predicted octanol–water partition coefficient (Wildman–Crippen LogP) is 5.28. The van der Waals surface area contributed by atoms with Crippen molar-refractivity contribution in [3.63, 3.8) is 0 Å². The number of aromatic carboxylic acids is 1. The fourth-order valence-electron chi connectivity index (χ4n) is 2.54. The van der Waals surface area contributed by atoms with Crippen molar-refractivity contribution in [1.82, 2.24) is 9.55 Å². The van der Waals surface area contributed by atoms with E-state index in [-0.39, 0.29) is 22.5 Å². The van der Waals surface area contributed by atoms with Gasteiger partial charge in [0.05, 0.1) is 34.4 Å². The van der Waals surface area contributed by atoms with E-state index in [0.717, 1.165) is 29.1 Å². The summed E-state index contributed by atoms with van der Waals surface area (Å²) in [6, 6.07) is 6.18. The lowest BCUT2D eigenvalue weighted by atomic mass is 10.1. The maximum Gasteiger partial charge on any atom is 0.416 e. The van der Waals surface area contributed by atoms with Gasteiger partial charge in [-0.2, -0.15) is 26.3 Å². The second-order valence-corrected chi connectivity index (χ2v) is 5.78. The van der Waals surface area contributed by atoms with E-state index in [4.69, 9.17) is 0 Å². The first-order valence-electron chi connectivity index (χ1n) is 7.63. The molecular weight excluding hydrogens is 390 g/mol. The summed E-state index contributed by atoms with van der Waals surface area (Å²) in [5.74, 6) is -1.44. The first-order chi connectivity index (χ1) is 13.0. The quantitative estimate of drug-likeness (QED) is 0.609. The second kappa shape index (κ2) is 6.70. The van der Waals surface area contributed by atoms with E-state index in [0.29, 0.717) is 12.1 Å². The summed E-state index contributed by atoms with van der Waals surface area (Å²) in [6.45, 7) is 0. The van der Waals surface area contributed by atoms with Crippen LogP contribution in [0, 0.1) is 0 Å². The number of nitrogens with zero attached hydrogens (tertiary/aromatic N) is 2. The fraction of sp³-hybridized carbons (Fsp3) is 0.111. The van der Waals surface area contributed by atoms with Crippen LogP contribution in [0.3, 0.4) is 0 Å². The highest BCUT2D eigenvalue weighted by Gasteiger charge is 2.32. The molecule has 0 bridgehead atoms. The van der Waals surface area contributed by atoms with Gasteiger partial charge >= 0.3 is 18.3 Å². The number of hydrogen-bond acceptors (Lipinski definition) is 2. The molecule has 0 aliphatic heterocycles. The second-order valence-electron chi connectivity index (χ2n) is 5.78. The van der Waals surface area contributed by atoms with Crippen molar-refractivity contribution in [2.75, 3.05) is 0 Å². The number of hydrogen-bond donors (Lipinski definition) is 1. The molecular formula is C18H10F6N2O2. The lowest BCUT2D eigenvalue weighted by molar-refractivity contribution is -0.138. The zero-order valence-electron chi connectivity index (χ0n) is 13.7. The molecule has 0 unspecified atom stereocenters. The summed E-state index contributed by atoms with van der Waals surface area (Å²) in [5.41, 5.74) is -2.10. The van der Waals surface area contributed by atoms with E-state index in [2.05, 4.69) is 4.98 Å². The van der Waals surface area contributed by atoms with E-state index < -0.39 is 29.4 Å². The third kappa shape index (κ3) is 3.85. The molecule has 0 fully saturated rings. The maximum atomic E-state index is 13.0. The Balaban J connectivity index is 2.03. The van der Waals surface area contributed by atoms with Crippen molar-refractivity contribution in [3.8, 4) is 16.9 Å². The van der Waals surface area contributed by atoms with Crippen LogP contribution in [-0.4, -0.2) is 20.6 Å². The van der Waals surface area contributed by atoms with Crippen LogP contribution in [0.5, 0.6) is 0 Å². The predicted molar refractivity (Wildman–Crippen MR) is 86.0 cm³/mol. The number of carboxylic acid groups (broad SMARTS) is 1. The fourth-order valence-corrected chi connectivity index (χ4v) is 2.54. The number of imidazole rings is 1. The molecule has 146 valence electrons. The molecule has 3 rings (SSSR count). The first kappa shape index (κ1) is 19.5. The number of rotatable bonds is 3. The standard InChI is InChI=1S/C18H10F6N2O2/c19-17(20,21)11-3-1-10(2-4-11)14-8-26(9-25-14)15-7-12(18(22,23)24)5-6-13(15)16(27)28/h1-9H,(H,27,28). The average molecular weight is 400 g/mol. The van der Waals surface area contributed by atoms with Crippen molar-refractivity contribution in [2.45, 2.75) is 12.4 Å². The summed E-state index contributed by atoms with van der Waals surface area (Å²) in [6.07, 6.45) is -6.85. The molecule has 2 aromatic carbocycles. The van der Waals surface area contributed by atoms with Gasteiger partial charge in [-0.3, -0.25) is 0 Å². The number of carbonyl (C=O) groups is 1. The van der Waals surface area contributed by atoms with Gasteiger partial charge in [0, 0.05) is 11.8 Å². The lowest BCUT2D eigenvalue weighted by Crippen LogP contribution is -2.10. The molecule has 1 heterocycles. The minimum absolute atomic E-state index is 0.169. The molecule has 0 atom stereocenters. The number of aromatic nitrogens is 2. The maximum absolute atomic E-state index is 13.0. The van der Waals surface area contributed by atoms with Gasteiger partial charge in [0.15, 0.2) is 0 Å². The Bertz CT molecular complexity index is 1020. The highest BCUT2D eigenvalue weighted by molar-refractivity contribution is 5.92. The van der Waals surface area contributed by atoms with Gasteiger partial charge in [0.1, 0.15) is 0 Å². The summed E-state index contributed by atoms with van der Waals surface area (Å²) >= 11 is 0. The smallest absolute Gasteiger partial charge is 0.416 e. The van der Waals surface area contributed by atoms with Crippen LogP contribution in [0.1, 0.15) is 21.5 Å². The molecule has 4 nitrogen and oxygen atoms in total. The molecule has 0 aliphatic rings. The van der Waals surface area contributed by atoms with Gasteiger partial charge in [0.25, 0.3) is 0 Å². The Morgan fingerprint density at radius 3 is 2.00 bits per heavy atom. The highest BCUT2D eigenvalue weighted by Crippen LogP contribution is 2.33. The van der Waals surface area contributed by atoms with Gasteiger partial charge in [-0.1, -0.05) is 12.1 Å². The highest BCUT2D eigenvalue weighted by atomic mass is 19.4. The van der Waals surface area contributed by atoms with Crippen molar-refractivity contribution in [2.24, 2.45) is 0 Å². The number of carboxylic acids is 1. The van der Waals surface area contributed by atoms with E-state index >= 15 is 0 Å². The van der Waals surface area contributed by atoms with Gasteiger partial charge < -0.3 is 9.67 Å². The molecule has 0 aliphatic carbocycles. The van der Waals surface area contributed by atoms with Crippen LogP contribution in [0.2, 0.25) is 0 Å². The van der Waals surface area contributed by atoms with E-state index in [1.54, 1.807) is 0 Å². The molecule has 28 heavy (non-hydrogen) atoms. The number of benzene rings is 2. The van der Waals surface area contributed by atoms with Gasteiger partial charge in [-0.05, 0) is 30.3 Å². The molecule has 3 aromatic rings. The van der Waals surface area contributed by atoms with Crippen molar-refractivity contribution in [1.29, 1.82) is 0 Å². The van der Waals surface area contributed by atoms with Crippen LogP contribution in [0.25, 0.3) is 16.9 Å². The Morgan fingerprint density at radius 2 is 1.46 bits per heavy atom. The van der Waals surface area contributed by atoms with Gasteiger partial charge in [-0.15, -0.1) is 0 Å². The Hall–Kier alpha value is -3.30. The van der Waals surface area contributed by atoms with Crippen molar-refractivity contribution in [3.05, 3.63) is 71.7 Å². The molecule has 0 spiro atoms. The van der Waals surface area contributed by atoms with Crippen LogP contribution < -0.4 is 0 Å². The van der Waals surface area contributed by atoms with Crippen LogP contribution in [0.15, 0.2) is 55.0 Å². The van der Waals surface area contributed by atoms with E-state index in [9.17, 15) is 36.2 Å². The summed E-state index contributed by atoms with van der Waals surface area (Å²) in [7, 11) is 0. The number of halogens is 6. The van der Waals surface area contributed by atoms with Crippen molar-refractivity contribution >= 4 is 5.97 Å². The first-order valence-corrected chi connectivity index (χ1v) is 7.63. The molecule has 1 N–H and O–H groups in total. The monoisotopic (exact) mass is 400 g/mol. The molecule has 1 aromatic heterocycles. The third-order valence-corrected chi connectivity index (χ3v) is 3.92. The van der Waals surface area contributed by atoms with E-state index in [1.807, 2.05) is 0 Å². The van der Waals surface area contributed by atoms with E-state index in [1.165, 1.54) is 18.3 Å². The summed E-state index contributed by atoms with van der Waals surface area (Å²) in [4.78, 5) is 15.3. The normalized spacial score (nSPS) is 12.2. The van der Waals surface area contributed by atoms with Crippen molar-refractivity contribution < 1.29 is 36.2 Å². The summed E-state index contributed by atoms with van der Waals surface area (Å²) < 4.78 is 77.8. The van der Waals surface area contributed by atoms with Crippen LogP contribution >= 0.6 is 0 Å². The van der Waals surface area contributed by atoms with Crippen LogP contribution in [0.4, 0.5) is 26.3 Å². The zero-order valence-corrected chi connectivity index (χ0v) is 13.7. The van der Waals surface area contributed by atoms with Gasteiger partial charge in [-0.25, -0.2) is 9.78 Å². The molecule has 10 heteroatoms. The van der Waals surface area contributed by atoms with Crippen LogP contribution in [-0.2, 0) is 12.4 Å². The molecule has 0 saturated carbocycles. The number of alkyl halides is 6. The molecule has 0 amide bonds. The Kier molecular flexibility index (Phi) is 4.66. The third-order valence-electron chi connectivity index (χ3n) is 3.92. The SMILES string of the molecule is O=C(O)c1ccc(C(F)(F)F)cc1-n1cnc(-c2ccc(C(F)(F)F)cc2)c1. The minimum atomic E-state index is -4.68. The zero-order chi connectivity index (χ0) is 20.7. The Morgan fingerprint density at radius 1 is 0.893 bits per heavy atom. The summed E-state index contributed by atoms with van der Waals surface area (Å²) in [5, 5.41) is 9.23. The lowest BCUT2D eigenvalue weighted by Gasteiger charge is -2.12. The average Bonchev–Trinajstić information content (AvgIpc) is 3.09. The topological polar surface area (TPSA) is 55.1 Å². The molecule has 0 radical (unpaired) electrons. The minimum Gasteiger partial charge on any atom is -0.478 e.